The zero-order valence-electron chi connectivity index (χ0n) is 11.6. The minimum absolute atomic E-state index is 0.0544. The Morgan fingerprint density at radius 2 is 2.05 bits per heavy atom. The molecule has 0 spiro atoms. The summed E-state index contributed by atoms with van der Waals surface area (Å²) in [5, 5.41) is 0. The first-order valence-electron chi connectivity index (χ1n) is 7.07. The summed E-state index contributed by atoms with van der Waals surface area (Å²) in [5.41, 5.74) is 6.98. The molecule has 0 bridgehead atoms. The summed E-state index contributed by atoms with van der Waals surface area (Å²) >= 11 is 3.55. The number of ether oxygens (including phenoxy) is 1. The number of piperidine rings is 1. The van der Waals surface area contributed by atoms with Gasteiger partial charge in [0.2, 0.25) is 0 Å². The van der Waals surface area contributed by atoms with Crippen LogP contribution < -0.4 is 10.5 Å². The van der Waals surface area contributed by atoms with Crippen molar-refractivity contribution in [3.8, 4) is 5.75 Å². The van der Waals surface area contributed by atoms with E-state index in [2.05, 4.69) is 20.8 Å². The van der Waals surface area contributed by atoms with Gasteiger partial charge in [-0.25, -0.2) is 0 Å². The molecule has 0 aromatic heterocycles. The molecule has 1 atom stereocenters. The van der Waals surface area contributed by atoms with Crippen LogP contribution in [0.25, 0.3) is 0 Å². The van der Waals surface area contributed by atoms with Crippen LogP contribution in [0.3, 0.4) is 0 Å². The minimum atomic E-state index is 0.0544. The van der Waals surface area contributed by atoms with Crippen molar-refractivity contribution >= 4 is 15.9 Å². The molecule has 1 aromatic rings. The maximum atomic E-state index is 5.86. The Morgan fingerprint density at radius 1 is 1.32 bits per heavy atom. The molecule has 1 saturated heterocycles. The standard InChI is InChI=1S/C15H23BrN2O/c1-12(17)13-5-6-15(14(16)11-13)19-10-9-18-7-3-2-4-8-18/h5-6,11-12H,2-4,7-10,17H2,1H3. The third-order valence-corrected chi connectivity index (χ3v) is 4.22. The third kappa shape index (κ3) is 4.48. The van der Waals surface area contributed by atoms with Crippen LogP contribution in [0, 0.1) is 0 Å². The van der Waals surface area contributed by atoms with Crippen LogP contribution in [0.1, 0.15) is 37.8 Å². The lowest BCUT2D eigenvalue weighted by Crippen LogP contribution is -2.33. The molecule has 0 amide bonds. The predicted molar refractivity (Wildman–Crippen MR) is 82.5 cm³/mol. The van der Waals surface area contributed by atoms with E-state index in [9.17, 15) is 0 Å². The Kier molecular flexibility index (Phi) is 5.67. The SMILES string of the molecule is CC(N)c1ccc(OCCN2CCCCC2)c(Br)c1. The smallest absolute Gasteiger partial charge is 0.133 e. The molecule has 0 aliphatic carbocycles. The molecule has 3 nitrogen and oxygen atoms in total. The lowest BCUT2D eigenvalue weighted by molar-refractivity contribution is 0.183. The summed E-state index contributed by atoms with van der Waals surface area (Å²) in [7, 11) is 0. The van der Waals surface area contributed by atoms with Gasteiger partial charge in [-0.1, -0.05) is 12.5 Å². The van der Waals surface area contributed by atoms with Crippen LogP contribution in [0.4, 0.5) is 0 Å². The minimum Gasteiger partial charge on any atom is -0.491 e. The van der Waals surface area contributed by atoms with Crippen molar-refractivity contribution in [2.75, 3.05) is 26.2 Å². The summed E-state index contributed by atoms with van der Waals surface area (Å²) in [6.45, 7) is 6.18. The van der Waals surface area contributed by atoms with E-state index in [0.29, 0.717) is 0 Å². The Bertz CT molecular complexity index is 403. The van der Waals surface area contributed by atoms with E-state index in [1.165, 1.54) is 32.4 Å². The summed E-state index contributed by atoms with van der Waals surface area (Å²) in [5.74, 6) is 0.904. The molecule has 1 aliphatic heterocycles. The van der Waals surface area contributed by atoms with Crippen molar-refractivity contribution in [1.82, 2.24) is 4.90 Å². The molecule has 0 radical (unpaired) electrons. The van der Waals surface area contributed by atoms with E-state index >= 15 is 0 Å². The second-order valence-corrected chi connectivity index (χ2v) is 6.08. The average Bonchev–Trinajstić information content (AvgIpc) is 2.41. The molecule has 4 heteroatoms. The Hall–Kier alpha value is -0.580. The highest BCUT2D eigenvalue weighted by Gasteiger charge is 2.10. The molecule has 1 aromatic carbocycles. The highest BCUT2D eigenvalue weighted by atomic mass is 79.9. The van der Waals surface area contributed by atoms with Gasteiger partial charge >= 0.3 is 0 Å². The highest BCUT2D eigenvalue weighted by molar-refractivity contribution is 9.10. The molecular formula is C15H23BrN2O. The largest absolute Gasteiger partial charge is 0.491 e. The number of halogens is 1. The van der Waals surface area contributed by atoms with Crippen molar-refractivity contribution < 1.29 is 4.74 Å². The van der Waals surface area contributed by atoms with Crippen molar-refractivity contribution in [1.29, 1.82) is 0 Å². The van der Waals surface area contributed by atoms with E-state index in [0.717, 1.165) is 28.9 Å². The molecule has 2 N–H and O–H groups in total. The number of hydrogen-bond acceptors (Lipinski definition) is 3. The number of nitrogens with zero attached hydrogens (tertiary/aromatic N) is 1. The van der Waals surface area contributed by atoms with E-state index in [4.69, 9.17) is 10.5 Å². The predicted octanol–water partition coefficient (Wildman–Crippen LogP) is 3.33. The maximum absolute atomic E-state index is 5.86. The summed E-state index contributed by atoms with van der Waals surface area (Å²) in [6.07, 6.45) is 4.03. The second kappa shape index (κ2) is 7.27. The Balaban J connectivity index is 1.82. The summed E-state index contributed by atoms with van der Waals surface area (Å²) < 4.78 is 6.83. The molecule has 1 heterocycles. The van der Waals surface area contributed by atoms with Crippen LogP contribution in [-0.4, -0.2) is 31.1 Å². The van der Waals surface area contributed by atoms with Gasteiger partial charge in [0.1, 0.15) is 12.4 Å². The summed E-state index contributed by atoms with van der Waals surface area (Å²) in [4.78, 5) is 2.48. The lowest BCUT2D eigenvalue weighted by Gasteiger charge is -2.26. The topological polar surface area (TPSA) is 38.5 Å². The van der Waals surface area contributed by atoms with Crippen LogP contribution in [0.2, 0.25) is 0 Å². The average molecular weight is 327 g/mol. The van der Waals surface area contributed by atoms with Crippen LogP contribution in [0.15, 0.2) is 22.7 Å². The van der Waals surface area contributed by atoms with Gasteiger partial charge in [0.15, 0.2) is 0 Å². The van der Waals surface area contributed by atoms with Crippen molar-refractivity contribution in [2.45, 2.75) is 32.2 Å². The number of rotatable bonds is 5. The number of likely N-dealkylation sites (tertiary alicyclic amines) is 1. The van der Waals surface area contributed by atoms with Gasteiger partial charge in [-0.2, -0.15) is 0 Å². The van der Waals surface area contributed by atoms with E-state index in [1.54, 1.807) is 0 Å². The highest BCUT2D eigenvalue weighted by Crippen LogP contribution is 2.27. The van der Waals surface area contributed by atoms with Gasteiger partial charge in [0.25, 0.3) is 0 Å². The van der Waals surface area contributed by atoms with Gasteiger partial charge in [-0.05, 0) is 66.5 Å². The van der Waals surface area contributed by atoms with Gasteiger partial charge in [0, 0.05) is 12.6 Å². The lowest BCUT2D eigenvalue weighted by atomic mass is 10.1. The van der Waals surface area contributed by atoms with Gasteiger partial charge in [-0.15, -0.1) is 0 Å². The first-order valence-corrected chi connectivity index (χ1v) is 7.86. The molecule has 0 saturated carbocycles. The zero-order chi connectivity index (χ0) is 13.7. The van der Waals surface area contributed by atoms with Gasteiger partial charge in [0.05, 0.1) is 4.47 Å². The molecule has 106 valence electrons. The fourth-order valence-electron chi connectivity index (χ4n) is 2.39. The Labute approximate surface area is 124 Å². The summed E-state index contributed by atoms with van der Waals surface area (Å²) in [6, 6.07) is 6.13. The Morgan fingerprint density at radius 3 is 2.68 bits per heavy atom. The molecular weight excluding hydrogens is 304 g/mol. The first kappa shape index (κ1) is 14.8. The molecule has 1 unspecified atom stereocenters. The quantitative estimate of drug-likeness (QED) is 0.901. The van der Waals surface area contributed by atoms with Crippen molar-refractivity contribution in [2.24, 2.45) is 5.73 Å². The maximum Gasteiger partial charge on any atom is 0.133 e. The van der Waals surface area contributed by atoms with Crippen LogP contribution >= 0.6 is 15.9 Å². The normalized spacial score (nSPS) is 18.3. The van der Waals surface area contributed by atoms with Crippen LogP contribution in [-0.2, 0) is 0 Å². The molecule has 19 heavy (non-hydrogen) atoms. The fraction of sp³-hybridized carbons (Fsp3) is 0.600. The van der Waals surface area contributed by atoms with Gasteiger partial charge in [-0.3, -0.25) is 4.90 Å². The van der Waals surface area contributed by atoms with E-state index < -0.39 is 0 Å². The zero-order valence-corrected chi connectivity index (χ0v) is 13.2. The number of benzene rings is 1. The molecule has 1 aliphatic rings. The number of hydrogen-bond donors (Lipinski definition) is 1. The monoisotopic (exact) mass is 326 g/mol. The van der Waals surface area contributed by atoms with E-state index in [-0.39, 0.29) is 6.04 Å². The van der Waals surface area contributed by atoms with E-state index in [1.807, 2.05) is 25.1 Å². The molecule has 2 rings (SSSR count). The first-order chi connectivity index (χ1) is 9.16. The molecule has 1 fully saturated rings. The fourth-order valence-corrected chi connectivity index (χ4v) is 2.90. The van der Waals surface area contributed by atoms with Gasteiger partial charge < -0.3 is 10.5 Å². The second-order valence-electron chi connectivity index (χ2n) is 5.23. The number of nitrogens with two attached hydrogens (primary N) is 1. The van der Waals surface area contributed by atoms with Crippen LogP contribution in [0.5, 0.6) is 5.75 Å². The van der Waals surface area contributed by atoms with Crippen molar-refractivity contribution in [3.63, 3.8) is 0 Å². The van der Waals surface area contributed by atoms with Crippen molar-refractivity contribution in [3.05, 3.63) is 28.2 Å². The third-order valence-electron chi connectivity index (χ3n) is 3.60.